The van der Waals surface area contributed by atoms with E-state index in [0.717, 1.165) is 11.8 Å². The Balaban J connectivity index is 1.81. The number of rotatable bonds is 8. The number of carbonyl (C=O) groups is 2. The van der Waals surface area contributed by atoms with E-state index in [0.29, 0.717) is 23.4 Å². The second kappa shape index (κ2) is 9.08. The van der Waals surface area contributed by atoms with Gasteiger partial charge in [-0.25, -0.2) is 4.79 Å². The van der Waals surface area contributed by atoms with Crippen molar-refractivity contribution in [2.24, 2.45) is 0 Å². The topological polar surface area (TPSA) is 77.8 Å². The fourth-order valence-electron chi connectivity index (χ4n) is 2.74. The zero-order chi connectivity index (χ0) is 19.9. The maximum atomic E-state index is 12.7. The largest absolute Gasteiger partial charge is 0.489 e. The van der Waals surface area contributed by atoms with Gasteiger partial charge in [0.1, 0.15) is 17.9 Å². The van der Waals surface area contributed by atoms with Crippen molar-refractivity contribution in [3.8, 4) is 5.75 Å². The molecule has 0 saturated carbocycles. The molecular formula is C22H23NO5. The first-order valence-electron chi connectivity index (χ1n) is 9.27. The average molecular weight is 381 g/mol. The van der Waals surface area contributed by atoms with E-state index in [4.69, 9.17) is 13.9 Å². The Labute approximate surface area is 163 Å². The molecule has 28 heavy (non-hydrogen) atoms. The molecule has 0 aliphatic heterocycles. The molecule has 0 aliphatic rings. The Morgan fingerprint density at radius 2 is 1.79 bits per heavy atom. The fourth-order valence-corrected chi connectivity index (χ4v) is 2.74. The zero-order valence-corrected chi connectivity index (χ0v) is 15.9. The van der Waals surface area contributed by atoms with Gasteiger partial charge in [0.05, 0.1) is 5.56 Å². The third-order valence-electron chi connectivity index (χ3n) is 4.21. The lowest BCUT2D eigenvalue weighted by Gasteiger charge is -2.13. The number of carbonyl (C=O) groups excluding carboxylic acids is 2. The van der Waals surface area contributed by atoms with Crippen LogP contribution in [0.1, 0.15) is 36.4 Å². The maximum absolute atomic E-state index is 12.7. The Morgan fingerprint density at radius 1 is 1.07 bits per heavy atom. The van der Waals surface area contributed by atoms with Crippen LogP contribution in [0.2, 0.25) is 0 Å². The number of hydrogen-bond acceptors (Lipinski definition) is 5. The lowest BCUT2D eigenvalue weighted by atomic mass is 10.1. The van der Waals surface area contributed by atoms with Gasteiger partial charge < -0.3 is 19.2 Å². The normalized spacial score (nSPS) is 11.8. The lowest BCUT2D eigenvalue weighted by molar-refractivity contribution is -0.129. The Hall–Kier alpha value is -3.28. The van der Waals surface area contributed by atoms with Crippen molar-refractivity contribution in [1.29, 1.82) is 0 Å². The molecule has 146 valence electrons. The zero-order valence-electron chi connectivity index (χ0n) is 15.9. The molecule has 0 spiro atoms. The highest BCUT2D eigenvalue weighted by Crippen LogP contribution is 2.28. The maximum Gasteiger partial charge on any atom is 0.375 e. The monoisotopic (exact) mass is 381 g/mol. The molecule has 1 heterocycles. The average Bonchev–Trinajstić information content (AvgIpc) is 3.10. The van der Waals surface area contributed by atoms with Crippen molar-refractivity contribution in [2.75, 3.05) is 6.54 Å². The molecule has 1 aromatic heterocycles. The van der Waals surface area contributed by atoms with Crippen molar-refractivity contribution >= 4 is 22.8 Å². The Morgan fingerprint density at radius 3 is 2.54 bits per heavy atom. The molecule has 3 aromatic rings. The van der Waals surface area contributed by atoms with Gasteiger partial charge in [-0.3, -0.25) is 4.79 Å². The van der Waals surface area contributed by atoms with E-state index in [1.807, 2.05) is 55.5 Å². The lowest BCUT2D eigenvalue weighted by Crippen LogP contribution is -2.36. The minimum absolute atomic E-state index is 0.0484. The highest BCUT2D eigenvalue weighted by atomic mass is 16.6. The van der Waals surface area contributed by atoms with Gasteiger partial charge in [-0.05, 0) is 31.5 Å². The van der Waals surface area contributed by atoms with E-state index in [1.54, 1.807) is 6.07 Å². The van der Waals surface area contributed by atoms with E-state index in [2.05, 4.69) is 5.32 Å². The summed E-state index contributed by atoms with van der Waals surface area (Å²) in [4.78, 5) is 24.7. The molecule has 3 rings (SSSR count). The third kappa shape index (κ3) is 4.52. The van der Waals surface area contributed by atoms with Crippen molar-refractivity contribution in [3.63, 3.8) is 0 Å². The summed E-state index contributed by atoms with van der Waals surface area (Å²) in [6, 6.07) is 16.6. The molecule has 0 aliphatic carbocycles. The van der Waals surface area contributed by atoms with E-state index in [-0.39, 0.29) is 18.3 Å². The summed E-state index contributed by atoms with van der Waals surface area (Å²) < 4.78 is 16.8. The second-order valence-electron chi connectivity index (χ2n) is 6.35. The summed E-state index contributed by atoms with van der Waals surface area (Å²) >= 11 is 0. The van der Waals surface area contributed by atoms with Gasteiger partial charge in [-0.2, -0.15) is 0 Å². The molecular weight excluding hydrogens is 358 g/mol. The second-order valence-corrected chi connectivity index (χ2v) is 6.35. The summed E-state index contributed by atoms with van der Waals surface area (Å²) in [5.74, 6) is -0.304. The van der Waals surface area contributed by atoms with Crippen molar-refractivity contribution in [2.45, 2.75) is 33.0 Å². The molecule has 1 amide bonds. The number of para-hydroxylation sites is 2. The number of furan rings is 1. The van der Waals surface area contributed by atoms with Gasteiger partial charge >= 0.3 is 5.97 Å². The van der Waals surface area contributed by atoms with Crippen LogP contribution in [0.15, 0.2) is 59.0 Å². The highest BCUT2D eigenvalue weighted by molar-refractivity contribution is 5.97. The first-order chi connectivity index (χ1) is 13.6. The molecule has 1 atom stereocenters. The molecule has 6 heteroatoms. The van der Waals surface area contributed by atoms with Gasteiger partial charge in [0.2, 0.25) is 5.76 Å². The van der Waals surface area contributed by atoms with Crippen LogP contribution in [0.4, 0.5) is 0 Å². The first-order valence-corrected chi connectivity index (χ1v) is 9.27. The van der Waals surface area contributed by atoms with Crippen LogP contribution in [-0.2, 0) is 16.1 Å². The first kappa shape index (κ1) is 19.5. The van der Waals surface area contributed by atoms with E-state index >= 15 is 0 Å². The minimum atomic E-state index is -0.921. The third-order valence-corrected chi connectivity index (χ3v) is 4.21. The van der Waals surface area contributed by atoms with Crippen molar-refractivity contribution in [3.05, 3.63) is 65.9 Å². The molecule has 0 unspecified atom stereocenters. The number of benzene rings is 2. The van der Waals surface area contributed by atoms with Crippen molar-refractivity contribution < 1.29 is 23.5 Å². The van der Waals surface area contributed by atoms with Gasteiger partial charge in [-0.15, -0.1) is 0 Å². The number of nitrogens with one attached hydrogen (secondary N) is 1. The van der Waals surface area contributed by atoms with Crippen LogP contribution in [0.25, 0.3) is 11.0 Å². The summed E-state index contributed by atoms with van der Waals surface area (Å²) in [7, 11) is 0. The number of hydrogen-bond donors (Lipinski definition) is 1. The Bertz CT molecular complexity index is 948. The van der Waals surface area contributed by atoms with Crippen LogP contribution in [0.5, 0.6) is 5.75 Å². The summed E-state index contributed by atoms with van der Waals surface area (Å²) in [5.41, 5.74) is 1.15. The van der Waals surface area contributed by atoms with E-state index in [9.17, 15) is 9.59 Å². The van der Waals surface area contributed by atoms with E-state index in [1.165, 1.54) is 6.92 Å². The molecule has 0 fully saturated rings. The number of fused-ring (bicyclic) bond motifs is 1. The predicted octanol–water partition coefficient (Wildman–Crippen LogP) is 4.08. The van der Waals surface area contributed by atoms with E-state index < -0.39 is 12.1 Å². The predicted molar refractivity (Wildman–Crippen MR) is 105 cm³/mol. The van der Waals surface area contributed by atoms with Crippen LogP contribution in [-0.4, -0.2) is 24.5 Å². The van der Waals surface area contributed by atoms with Crippen LogP contribution in [0, 0.1) is 0 Å². The summed E-state index contributed by atoms with van der Waals surface area (Å²) in [6.45, 7) is 4.15. The molecule has 0 saturated heterocycles. The smallest absolute Gasteiger partial charge is 0.375 e. The van der Waals surface area contributed by atoms with Gasteiger partial charge in [-0.1, -0.05) is 43.3 Å². The molecule has 0 radical (unpaired) electrons. The quantitative estimate of drug-likeness (QED) is 0.595. The number of esters is 1. The van der Waals surface area contributed by atoms with Crippen LogP contribution in [0.3, 0.4) is 0 Å². The van der Waals surface area contributed by atoms with Crippen LogP contribution < -0.4 is 10.1 Å². The molecule has 2 aromatic carbocycles. The standard InChI is InChI=1S/C22H23NO5/c1-3-13-23-21(24)15(2)27-22(25)20-18(14-26-16-9-5-4-6-10-16)17-11-7-8-12-19(17)28-20/h4-12,15H,3,13-14H2,1-2H3,(H,23,24)/t15-/m0/s1. The minimum Gasteiger partial charge on any atom is -0.489 e. The van der Waals surface area contributed by atoms with Gasteiger partial charge in [0.15, 0.2) is 6.10 Å². The summed E-state index contributed by atoms with van der Waals surface area (Å²) in [5, 5.41) is 3.48. The van der Waals surface area contributed by atoms with Crippen molar-refractivity contribution in [1.82, 2.24) is 5.32 Å². The number of ether oxygens (including phenoxy) is 2. The van der Waals surface area contributed by atoms with Crippen LogP contribution >= 0.6 is 0 Å². The van der Waals surface area contributed by atoms with Gasteiger partial charge in [0.25, 0.3) is 5.91 Å². The highest BCUT2D eigenvalue weighted by Gasteiger charge is 2.26. The molecule has 0 bridgehead atoms. The molecule has 6 nitrogen and oxygen atoms in total. The Kier molecular flexibility index (Phi) is 6.32. The number of amides is 1. The van der Waals surface area contributed by atoms with Gasteiger partial charge in [0, 0.05) is 11.9 Å². The SMILES string of the molecule is CCCNC(=O)[C@H](C)OC(=O)c1oc2ccccc2c1COc1ccccc1. The fraction of sp³-hybridized carbons (Fsp3) is 0.273. The molecule has 1 N–H and O–H groups in total. The summed E-state index contributed by atoms with van der Waals surface area (Å²) in [6.07, 6.45) is -0.119.